The van der Waals surface area contributed by atoms with E-state index in [-0.39, 0.29) is 11.3 Å². The molecule has 8 heteroatoms. The lowest BCUT2D eigenvalue weighted by atomic mass is 10.0. The molecule has 0 atom stereocenters. The van der Waals surface area contributed by atoms with E-state index in [0.29, 0.717) is 12.1 Å². The molecule has 2 aromatic rings. The van der Waals surface area contributed by atoms with Crippen LogP contribution in [0.4, 0.5) is 17.6 Å². The summed E-state index contributed by atoms with van der Waals surface area (Å²) in [6.07, 6.45) is -4.86. The Hall–Kier alpha value is -3.08. The van der Waals surface area contributed by atoms with E-state index < -0.39 is 40.4 Å². The monoisotopic (exact) mass is 339 g/mol. The van der Waals surface area contributed by atoms with Crippen LogP contribution in [0.3, 0.4) is 0 Å². The fraction of sp³-hybridized carbons (Fsp3) is 0.125. The Balaban J connectivity index is 2.63. The van der Waals surface area contributed by atoms with E-state index >= 15 is 0 Å². The van der Waals surface area contributed by atoms with Crippen molar-refractivity contribution in [3.63, 3.8) is 0 Å². The Morgan fingerprint density at radius 2 is 1.88 bits per heavy atom. The van der Waals surface area contributed by atoms with Crippen LogP contribution in [0.25, 0.3) is 0 Å². The van der Waals surface area contributed by atoms with Gasteiger partial charge in [-0.2, -0.15) is 18.4 Å². The first-order valence-corrected chi connectivity index (χ1v) is 6.46. The molecule has 1 N–H and O–H groups in total. The standard InChI is InChI=1S/C16H9F4NO3/c1-8-4-10(17)2-3-13(8)24-14-6-12(16(18,19)20)9(7-21)5-11(14)15(22)23/h2-6H,1H3,(H,22,23). The SMILES string of the molecule is Cc1cc(F)ccc1Oc1cc(C(F)(F)F)c(C#N)cc1C(=O)O. The van der Waals surface area contributed by atoms with Crippen LogP contribution in [-0.2, 0) is 6.18 Å². The molecule has 0 amide bonds. The molecule has 4 nitrogen and oxygen atoms in total. The van der Waals surface area contributed by atoms with E-state index in [1.807, 2.05) is 0 Å². The van der Waals surface area contributed by atoms with Gasteiger partial charge in [0.25, 0.3) is 0 Å². The number of carboxylic acid groups (broad SMARTS) is 1. The maximum atomic E-state index is 13.1. The number of nitrogens with zero attached hydrogens (tertiary/aromatic N) is 1. The van der Waals surface area contributed by atoms with E-state index in [1.165, 1.54) is 19.1 Å². The number of aromatic carboxylic acids is 1. The summed E-state index contributed by atoms with van der Waals surface area (Å²) in [5, 5.41) is 18.0. The van der Waals surface area contributed by atoms with Gasteiger partial charge in [0.05, 0.1) is 17.2 Å². The van der Waals surface area contributed by atoms with Crippen molar-refractivity contribution >= 4 is 5.97 Å². The topological polar surface area (TPSA) is 70.3 Å². The molecule has 0 aliphatic heterocycles. The molecule has 0 aliphatic carbocycles. The Kier molecular flexibility index (Phi) is 4.46. The minimum absolute atomic E-state index is 0.00303. The number of aryl methyl sites for hydroxylation is 1. The van der Waals surface area contributed by atoms with Crippen molar-refractivity contribution in [1.82, 2.24) is 0 Å². The first kappa shape index (κ1) is 17.3. The van der Waals surface area contributed by atoms with Gasteiger partial charge in [-0.1, -0.05) is 0 Å². The zero-order valence-corrected chi connectivity index (χ0v) is 12.1. The second-order valence-electron chi connectivity index (χ2n) is 4.82. The predicted octanol–water partition coefficient (Wildman–Crippen LogP) is 4.52. The molecule has 0 aromatic heterocycles. The number of carboxylic acids is 1. The number of benzene rings is 2. The van der Waals surface area contributed by atoms with E-state index in [4.69, 9.17) is 15.1 Å². The molecule has 0 bridgehead atoms. The van der Waals surface area contributed by atoms with Crippen LogP contribution in [-0.4, -0.2) is 11.1 Å². The number of alkyl halides is 3. The number of hydrogen-bond donors (Lipinski definition) is 1. The van der Waals surface area contributed by atoms with Gasteiger partial charge in [-0.05, 0) is 42.8 Å². The van der Waals surface area contributed by atoms with Crippen LogP contribution in [0.2, 0.25) is 0 Å². The summed E-state index contributed by atoms with van der Waals surface area (Å²) < 4.78 is 57.4. The number of hydrogen-bond acceptors (Lipinski definition) is 3. The van der Waals surface area contributed by atoms with Crippen molar-refractivity contribution in [2.75, 3.05) is 0 Å². The summed E-state index contributed by atoms with van der Waals surface area (Å²) in [6, 6.07) is 5.65. The molecule has 24 heavy (non-hydrogen) atoms. The molecule has 0 fully saturated rings. The van der Waals surface area contributed by atoms with Gasteiger partial charge in [-0.25, -0.2) is 9.18 Å². The highest BCUT2D eigenvalue weighted by Crippen LogP contribution is 2.38. The number of rotatable bonds is 3. The second-order valence-corrected chi connectivity index (χ2v) is 4.82. The van der Waals surface area contributed by atoms with Crippen molar-refractivity contribution in [2.45, 2.75) is 13.1 Å². The zero-order chi connectivity index (χ0) is 18.1. The molecule has 0 heterocycles. The van der Waals surface area contributed by atoms with Crippen molar-refractivity contribution in [3.8, 4) is 17.6 Å². The Bertz CT molecular complexity index is 854. The molecular formula is C16H9F4NO3. The van der Waals surface area contributed by atoms with Crippen LogP contribution in [0.1, 0.15) is 27.0 Å². The molecule has 0 saturated carbocycles. The largest absolute Gasteiger partial charge is 0.478 e. The van der Waals surface area contributed by atoms with E-state index in [0.717, 1.165) is 12.1 Å². The lowest BCUT2D eigenvalue weighted by molar-refractivity contribution is -0.137. The number of nitriles is 1. The molecule has 0 radical (unpaired) electrons. The van der Waals surface area contributed by atoms with E-state index in [1.54, 1.807) is 0 Å². The van der Waals surface area contributed by atoms with Crippen LogP contribution in [0.5, 0.6) is 11.5 Å². The minimum Gasteiger partial charge on any atom is -0.478 e. The van der Waals surface area contributed by atoms with Crippen molar-refractivity contribution < 1.29 is 32.2 Å². The van der Waals surface area contributed by atoms with Crippen LogP contribution in [0.15, 0.2) is 30.3 Å². The highest BCUT2D eigenvalue weighted by molar-refractivity contribution is 5.91. The summed E-state index contributed by atoms with van der Waals surface area (Å²) in [5.41, 5.74) is -2.49. The number of carbonyl (C=O) groups is 1. The van der Waals surface area contributed by atoms with Crippen molar-refractivity contribution in [2.24, 2.45) is 0 Å². The van der Waals surface area contributed by atoms with Crippen LogP contribution in [0, 0.1) is 24.1 Å². The van der Waals surface area contributed by atoms with Gasteiger partial charge >= 0.3 is 12.1 Å². The van der Waals surface area contributed by atoms with Crippen LogP contribution >= 0.6 is 0 Å². The first-order valence-electron chi connectivity index (χ1n) is 6.46. The highest BCUT2D eigenvalue weighted by atomic mass is 19.4. The molecule has 2 rings (SSSR count). The van der Waals surface area contributed by atoms with Gasteiger partial charge in [-0.3, -0.25) is 0 Å². The lowest BCUT2D eigenvalue weighted by Crippen LogP contribution is -2.11. The maximum Gasteiger partial charge on any atom is 0.417 e. The third-order valence-electron chi connectivity index (χ3n) is 3.13. The van der Waals surface area contributed by atoms with Gasteiger partial charge in [0, 0.05) is 0 Å². The highest BCUT2D eigenvalue weighted by Gasteiger charge is 2.35. The number of halogens is 4. The quantitative estimate of drug-likeness (QED) is 0.835. The van der Waals surface area contributed by atoms with Crippen LogP contribution < -0.4 is 4.74 Å². The van der Waals surface area contributed by atoms with Crippen molar-refractivity contribution in [3.05, 3.63) is 58.4 Å². The summed E-state index contributed by atoms with van der Waals surface area (Å²) in [7, 11) is 0. The van der Waals surface area contributed by atoms with E-state index in [9.17, 15) is 22.4 Å². The average molecular weight is 339 g/mol. The predicted molar refractivity (Wildman–Crippen MR) is 74.3 cm³/mol. The molecule has 0 saturated heterocycles. The third kappa shape index (κ3) is 3.46. The van der Waals surface area contributed by atoms with Crippen molar-refractivity contribution in [1.29, 1.82) is 5.26 Å². The van der Waals surface area contributed by atoms with Gasteiger partial charge in [0.15, 0.2) is 0 Å². The molecule has 0 unspecified atom stereocenters. The minimum atomic E-state index is -4.86. The van der Waals surface area contributed by atoms with E-state index in [2.05, 4.69) is 0 Å². The lowest BCUT2D eigenvalue weighted by Gasteiger charge is -2.15. The normalized spacial score (nSPS) is 11.0. The fourth-order valence-electron chi connectivity index (χ4n) is 2.00. The first-order chi connectivity index (χ1) is 11.1. The number of ether oxygens (including phenoxy) is 1. The zero-order valence-electron chi connectivity index (χ0n) is 12.1. The average Bonchev–Trinajstić information content (AvgIpc) is 2.48. The Labute approximate surface area is 133 Å². The fourth-order valence-corrected chi connectivity index (χ4v) is 2.00. The maximum absolute atomic E-state index is 13.1. The summed E-state index contributed by atoms with van der Waals surface area (Å²) in [5.74, 6) is -2.73. The molecule has 0 spiro atoms. The summed E-state index contributed by atoms with van der Waals surface area (Å²) in [4.78, 5) is 11.2. The summed E-state index contributed by atoms with van der Waals surface area (Å²) >= 11 is 0. The Morgan fingerprint density at radius 1 is 1.21 bits per heavy atom. The van der Waals surface area contributed by atoms with Gasteiger partial charge < -0.3 is 9.84 Å². The third-order valence-corrected chi connectivity index (χ3v) is 3.13. The Morgan fingerprint density at radius 3 is 2.38 bits per heavy atom. The molecule has 124 valence electrons. The second kappa shape index (κ2) is 6.20. The molecular weight excluding hydrogens is 330 g/mol. The van der Waals surface area contributed by atoms with Gasteiger partial charge in [0.1, 0.15) is 22.9 Å². The van der Waals surface area contributed by atoms with Gasteiger partial charge in [0.2, 0.25) is 0 Å². The smallest absolute Gasteiger partial charge is 0.417 e. The van der Waals surface area contributed by atoms with Gasteiger partial charge in [-0.15, -0.1) is 0 Å². The summed E-state index contributed by atoms with van der Waals surface area (Å²) in [6.45, 7) is 1.45. The molecule has 0 aliphatic rings. The molecule has 2 aromatic carbocycles.